The minimum absolute atomic E-state index is 0. The van der Waals surface area contributed by atoms with Crippen LogP contribution >= 0.6 is 0 Å². The molecule has 136 valence electrons. The third-order valence-corrected chi connectivity index (χ3v) is 3.49. The lowest BCUT2D eigenvalue weighted by molar-refractivity contribution is -0.295. The van der Waals surface area contributed by atoms with Crippen LogP contribution in [0.2, 0.25) is 0 Å². The lowest BCUT2D eigenvalue weighted by Gasteiger charge is -2.45. The standard InChI is InChI=1S/C12H21NO9.H3N/c1-5(15)13-8-6(16)3-12(20,11(18)19)22-10(8)9(17)7(4-14)21-2;/h6-10,14,16-17,20H,3-4H2,1-2H3,(H,13,15)(H,18,19);1H3/p+1/t6-,7+,8+,9+,10+,12-;/m0./s1. The summed E-state index contributed by atoms with van der Waals surface area (Å²) in [6.45, 7) is 0.542. The number of ether oxygens (including phenoxy) is 2. The Morgan fingerprint density at radius 3 is 2.43 bits per heavy atom. The van der Waals surface area contributed by atoms with Gasteiger partial charge in [-0.3, -0.25) is 4.79 Å². The van der Waals surface area contributed by atoms with E-state index in [1.54, 1.807) is 0 Å². The van der Waals surface area contributed by atoms with E-state index in [9.17, 15) is 24.9 Å². The first-order valence-electron chi connectivity index (χ1n) is 6.56. The molecule has 1 saturated heterocycles. The smallest absolute Gasteiger partial charge is 0.364 e. The number of quaternary nitrogens is 1. The Bertz CT molecular complexity index is 417. The summed E-state index contributed by atoms with van der Waals surface area (Å²) in [4.78, 5) is 22.3. The van der Waals surface area contributed by atoms with Gasteiger partial charge in [0.2, 0.25) is 5.91 Å². The molecule has 0 saturated carbocycles. The fraction of sp³-hybridized carbons (Fsp3) is 0.833. The number of amides is 1. The highest BCUT2D eigenvalue weighted by molar-refractivity contribution is 5.76. The minimum atomic E-state index is -2.73. The first-order valence-corrected chi connectivity index (χ1v) is 6.56. The third-order valence-electron chi connectivity index (χ3n) is 3.49. The molecule has 0 radical (unpaired) electrons. The van der Waals surface area contributed by atoms with E-state index in [4.69, 9.17) is 19.7 Å². The van der Waals surface area contributed by atoms with Crippen LogP contribution in [0.1, 0.15) is 13.3 Å². The van der Waals surface area contributed by atoms with Crippen molar-refractivity contribution in [3.8, 4) is 0 Å². The van der Waals surface area contributed by atoms with Crippen LogP contribution in [0.5, 0.6) is 0 Å². The van der Waals surface area contributed by atoms with E-state index in [1.165, 1.54) is 7.11 Å². The fourth-order valence-electron chi connectivity index (χ4n) is 2.34. The topological polar surface area (TPSA) is 202 Å². The number of hydrogen-bond acceptors (Lipinski definition) is 8. The van der Waals surface area contributed by atoms with Gasteiger partial charge in [0.15, 0.2) is 0 Å². The van der Waals surface area contributed by atoms with Crippen molar-refractivity contribution in [2.45, 2.75) is 49.6 Å². The molecule has 11 nitrogen and oxygen atoms in total. The maximum Gasteiger partial charge on any atom is 0.364 e. The molecule has 1 fully saturated rings. The van der Waals surface area contributed by atoms with Gasteiger partial charge in [0, 0.05) is 20.5 Å². The number of aliphatic hydroxyl groups excluding tert-OH is 3. The zero-order valence-corrected chi connectivity index (χ0v) is 13.2. The molecule has 1 heterocycles. The molecule has 23 heavy (non-hydrogen) atoms. The molecule has 11 heteroatoms. The molecule has 0 aromatic carbocycles. The highest BCUT2D eigenvalue weighted by Crippen LogP contribution is 2.30. The molecule has 0 aromatic rings. The Kier molecular flexibility index (Phi) is 8.00. The van der Waals surface area contributed by atoms with E-state index in [0.717, 1.165) is 6.92 Å². The lowest BCUT2D eigenvalue weighted by atomic mass is 9.88. The maximum atomic E-state index is 11.2. The van der Waals surface area contributed by atoms with E-state index in [0.29, 0.717) is 0 Å². The molecule has 6 atom stereocenters. The van der Waals surface area contributed by atoms with Crippen molar-refractivity contribution in [3.63, 3.8) is 0 Å². The monoisotopic (exact) mass is 341 g/mol. The number of carboxylic acid groups (broad SMARTS) is 1. The van der Waals surface area contributed by atoms with Gasteiger partial charge in [0.05, 0.1) is 18.8 Å². The summed E-state index contributed by atoms with van der Waals surface area (Å²) in [6.07, 6.45) is -6.47. The minimum Gasteiger partial charge on any atom is -0.477 e. The van der Waals surface area contributed by atoms with Gasteiger partial charge >= 0.3 is 5.97 Å². The second kappa shape index (κ2) is 8.49. The molecule has 1 amide bonds. The molecular weight excluding hydrogens is 316 g/mol. The number of methoxy groups -OCH3 is 1. The molecular formula is C12H25N2O9+. The highest BCUT2D eigenvalue weighted by Gasteiger charge is 2.53. The number of carbonyl (C=O) groups excluding carboxylic acids is 1. The Balaban J connectivity index is 0.00000484. The first-order chi connectivity index (χ1) is 10.2. The molecule has 1 aliphatic rings. The van der Waals surface area contributed by atoms with Gasteiger partial charge in [-0.1, -0.05) is 0 Å². The summed E-state index contributed by atoms with van der Waals surface area (Å²) in [5.74, 6) is -5.03. The SMILES string of the molecule is CO[C@H](CO)[C@@H](O)[C@@H]1O[C@](O)(C(=O)O)C[C@H](O)[C@H]1NC(C)=O.[NH4+]. The Morgan fingerprint density at radius 2 is 2.04 bits per heavy atom. The van der Waals surface area contributed by atoms with Crippen molar-refractivity contribution >= 4 is 11.9 Å². The molecule has 0 unspecified atom stereocenters. The average molecular weight is 341 g/mol. The van der Waals surface area contributed by atoms with Crippen LogP contribution in [0.4, 0.5) is 0 Å². The fourth-order valence-corrected chi connectivity index (χ4v) is 2.34. The average Bonchev–Trinajstić information content (AvgIpc) is 2.42. The number of aliphatic carboxylic acids is 1. The van der Waals surface area contributed by atoms with Gasteiger partial charge in [0.1, 0.15) is 18.3 Å². The summed E-state index contributed by atoms with van der Waals surface area (Å²) in [7, 11) is 1.19. The van der Waals surface area contributed by atoms with Crippen LogP contribution in [0.15, 0.2) is 0 Å². The number of nitrogens with one attached hydrogen (secondary N) is 1. The molecule has 10 N–H and O–H groups in total. The first kappa shape index (κ1) is 21.7. The normalized spacial score (nSPS) is 33.2. The van der Waals surface area contributed by atoms with Crippen LogP contribution in [0.3, 0.4) is 0 Å². The van der Waals surface area contributed by atoms with Gasteiger partial charge in [0.25, 0.3) is 5.79 Å². The highest BCUT2D eigenvalue weighted by atomic mass is 16.7. The number of hydrogen-bond donors (Lipinski definition) is 7. The number of rotatable bonds is 6. The van der Waals surface area contributed by atoms with Crippen molar-refractivity contribution in [1.29, 1.82) is 0 Å². The van der Waals surface area contributed by atoms with Crippen molar-refractivity contribution in [2.24, 2.45) is 0 Å². The van der Waals surface area contributed by atoms with Gasteiger partial charge in [-0.2, -0.15) is 0 Å². The Morgan fingerprint density at radius 1 is 1.48 bits per heavy atom. The summed E-state index contributed by atoms with van der Waals surface area (Å²) in [5.41, 5.74) is 0. The van der Waals surface area contributed by atoms with Gasteiger partial charge in [-0.15, -0.1) is 0 Å². The number of carbonyl (C=O) groups is 2. The van der Waals surface area contributed by atoms with E-state index >= 15 is 0 Å². The molecule has 0 spiro atoms. The summed E-state index contributed by atoms with van der Waals surface area (Å²) >= 11 is 0. The van der Waals surface area contributed by atoms with E-state index < -0.39 is 61.1 Å². The number of carboxylic acids is 1. The van der Waals surface area contributed by atoms with Crippen LogP contribution in [-0.4, -0.2) is 87.4 Å². The molecule has 0 aromatic heterocycles. The summed E-state index contributed by atoms with van der Waals surface area (Å²) < 4.78 is 9.83. The van der Waals surface area contributed by atoms with Crippen molar-refractivity contribution in [1.82, 2.24) is 11.5 Å². The Hall–Kier alpha value is -1.34. The molecule has 0 bridgehead atoms. The van der Waals surface area contributed by atoms with Gasteiger partial charge in [-0.05, 0) is 0 Å². The summed E-state index contributed by atoms with van der Waals surface area (Å²) in [5, 5.41) is 50.6. The van der Waals surface area contributed by atoms with Crippen molar-refractivity contribution in [3.05, 3.63) is 0 Å². The Labute approximate surface area is 132 Å². The van der Waals surface area contributed by atoms with Crippen LogP contribution in [0.25, 0.3) is 0 Å². The summed E-state index contributed by atoms with van der Waals surface area (Å²) in [6, 6.07) is -1.18. The second-order valence-corrected chi connectivity index (χ2v) is 5.12. The van der Waals surface area contributed by atoms with Crippen LogP contribution in [0, 0.1) is 0 Å². The second-order valence-electron chi connectivity index (χ2n) is 5.12. The van der Waals surface area contributed by atoms with Crippen molar-refractivity contribution < 1.29 is 44.6 Å². The number of aliphatic hydroxyl groups is 4. The van der Waals surface area contributed by atoms with Crippen LogP contribution < -0.4 is 11.5 Å². The van der Waals surface area contributed by atoms with E-state index in [-0.39, 0.29) is 6.15 Å². The molecule has 1 aliphatic heterocycles. The zero-order valence-electron chi connectivity index (χ0n) is 13.2. The van der Waals surface area contributed by atoms with E-state index in [1.807, 2.05) is 0 Å². The molecule has 0 aliphatic carbocycles. The lowest BCUT2D eigenvalue weighted by Crippen LogP contribution is -2.67. The van der Waals surface area contributed by atoms with Gasteiger partial charge in [-0.25, -0.2) is 4.79 Å². The van der Waals surface area contributed by atoms with Crippen LogP contribution in [-0.2, 0) is 19.1 Å². The predicted octanol–water partition coefficient (Wildman–Crippen LogP) is -2.84. The third kappa shape index (κ3) is 4.81. The largest absolute Gasteiger partial charge is 0.477 e. The quantitative estimate of drug-likeness (QED) is 0.265. The zero-order chi connectivity index (χ0) is 17.1. The predicted molar refractivity (Wildman–Crippen MR) is 75.6 cm³/mol. The molecule has 1 rings (SSSR count). The van der Waals surface area contributed by atoms with Crippen molar-refractivity contribution in [2.75, 3.05) is 13.7 Å². The van der Waals surface area contributed by atoms with E-state index in [2.05, 4.69) is 5.32 Å². The maximum absolute atomic E-state index is 11.2. The van der Waals surface area contributed by atoms with Gasteiger partial charge < -0.3 is 46.5 Å².